The van der Waals surface area contributed by atoms with Gasteiger partial charge in [-0.2, -0.15) is 0 Å². The SMILES string of the molecule is C/C=C(/N)c1cc(N)ccc1Oc1ccc(N)cc1/C(N)=C\C. The van der Waals surface area contributed by atoms with Gasteiger partial charge in [-0.1, -0.05) is 12.2 Å². The molecular formula is C18H22N4O. The van der Waals surface area contributed by atoms with Crippen molar-refractivity contribution in [3.63, 3.8) is 0 Å². The number of rotatable bonds is 4. The standard InChI is InChI=1S/C18H22N4O/c1-3-15(21)13-9-11(19)5-7-17(13)23-18-8-6-12(20)10-14(18)16(22)4-2/h3-10H,19-22H2,1-2H3/b15-3+,16-4+. The van der Waals surface area contributed by atoms with Gasteiger partial charge in [-0.25, -0.2) is 0 Å². The number of benzene rings is 2. The van der Waals surface area contributed by atoms with Gasteiger partial charge < -0.3 is 27.7 Å². The molecule has 0 amide bonds. The van der Waals surface area contributed by atoms with Gasteiger partial charge in [0.25, 0.3) is 0 Å². The highest BCUT2D eigenvalue weighted by Gasteiger charge is 2.12. The summed E-state index contributed by atoms with van der Waals surface area (Å²) >= 11 is 0. The number of allylic oxidation sites excluding steroid dienone is 2. The minimum Gasteiger partial charge on any atom is -0.456 e. The van der Waals surface area contributed by atoms with Gasteiger partial charge in [0.1, 0.15) is 11.5 Å². The number of nitrogens with two attached hydrogens (primary N) is 4. The van der Waals surface area contributed by atoms with Crippen LogP contribution in [-0.4, -0.2) is 0 Å². The van der Waals surface area contributed by atoms with Crippen LogP contribution in [-0.2, 0) is 0 Å². The molecule has 2 rings (SSSR count). The van der Waals surface area contributed by atoms with Crippen molar-refractivity contribution >= 4 is 22.8 Å². The third-order valence-corrected chi connectivity index (χ3v) is 3.47. The summed E-state index contributed by atoms with van der Waals surface area (Å²) in [5.41, 5.74) is 27.6. The molecule has 0 bridgehead atoms. The summed E-state index contributed by atoms with van der Waals surface area (Å²) in [5, 5.41) is 0. The summed E-state index contributed by atoms with van der Waals surface area (Å²) in [6.07, 6.45) is 3.59. The van der Waals surface area contributed by atoms with Gasteiger partial charge in [-0.05, 0) is 50.2 Å². The third kappa shape index (κ3) is 3.58. The number of anilines is 2. The molecule has 23 heavy (non-hydrogen) atoms. The van der Waals surface area contributed by atoms with E-state index in [0.29, 0.717) is 34.3 Å². The van der Waals surface area contributed by atoms with Gasteiger partial charge in [-0.3, -0.25) is 0 Å². The van der Waals surface area contributed by atoms with E-state index in [4.69, 9.17) is 27.7 Å². The van der Waals surface area contributed by atoms with Crippen LogP contribution in [0, 0.1) is 0 Å². The lowest BCUT2D eigenvalue weighted by Gasteiger charge is -2.15. The number of ether oxygens (including phenoxy) is 1. The van der Waals surface area contributed by atoms with Crippen LogP contribution in [0.4, 0.5) is 11.4 Å². The lowest BCUT2D eigenvalue weighted by Crippen LogP contribution is -2.03. The van der Waals surface area contributed by atoms with Crippen LogP contribution >= 0.6 is 0 Å². The number of nitrogen functional groups attached to an aromatic ring is 2. The highest BCUT2D eigenvalue weighted by molar-refractivity contribution is 5.74. The monoisotopic (exact) mass is 310 g/mol. The molecule has 120 valence electrons. The van der Waals surface area contributed by atoms with E-state index in [9.17, 15) is 0 Å². The van der Waals surface area contributed by atoms with Crippen LogP contribution in [0.25, 0.3) is 11.4 Å². The molecule has 0 unspecified atom stereocenters. The Bertz CT molecular complexity index is 713. The van der Waals surface area contributed by atoms with Crippen molar-refractivity contribution in [2.75, 3.05) is 11.5 Å². The second kappa shape index (κ2) is 6.79. The predicted molar refractivity (Wildman–Crippen MR) is 97.5 cm³/mol. The molecule has 5 heteroatoms. The molecule has 5 nitrogen and oxygen atoms in total. The Morgan fingerprint density at radius 1 is 0.783 bits per heavy atom. The molecule has 0 saturated carbocycles. The molecule has 0 heterocycles. The molecule has 0 aromatic heterocycles. The molecule has 0 aliphatic carbocycles. The summed E-state index contributed by atoms with van der Waals surface area (Å²) in [6, 6.07) is 10.6. The maximum Gasteiger partial charge on any atom is 0.136 e. The first-order valence-electron chi connectivity index (χ1n) is 7.27. The van der Waals surface area contributed by atoms with Crippen molar-refractivity contribution in [3.8, 4) is 11.5 Å². The fraction of sp³-hybridized carbons (Fsp3) is 0.111. The first kappa shape index (κ1) is 16.3. The highest BCUT2D eigenvalue weighted by Crippen LogP contribution is 2.34. The smallest absolute Gasteiger partial charge is 0.136 e. The normalized spacial score (nSPS) is 12.3. The van der Waals surface area contributed by atoms with Crippen molar-refractivity contribution < 1.29 is 4.74 Å². The zero-order valence-corrected chi connectivity index (χ0v) is 13.3. The van der Waals surface area contributed by atoms with Gasteiger partial charge in [0.15, 0.2) is 0 Å². The summed E-state index contributed by atoms with van der Waals surface area (Å²) in [7, 11) is 0. The second-order valence-corrected chi connectivity index (χ2v) is 5.10. The van der Waals surface area contributed by atoms with Crippen molar-refractivity contribution in [1.29, 1.82) is 0 Å². The molecule has 0 aliphatic heterocycles. The topological polar surface area (TPSA) is 113 Å². The Morgan fingerprint density at radius 3 is 1.52 bits per heavy atom. The van der Waals surface area contributed by atoms with Gasteiger partial charge in [0, 0.05) is 33.9 Å². The van der Waals surface area contributed by atoms with Gasteiger partial charge in [0.05, 0.1) is 0 Å². The molecule has 2 aromatic carbocycles. The van der Waals surface area contributed by atoms with E-state index >= 15 is 0 Å². The molecule has 8 N–H and O–H groups in total. The molecule has 0 aliphatic rings. The first-order chi connectivity index (χ1) is 11.0. The Labute approximate surface area is 136 Å². The van der Waals surface area contributed by atoms with E-state index in [1.54, 1.807) is 48.6 Å². The first-order valence-corrected chi connectivity index (χ1v) is 7.27. The molecule has 0 saturated heterocycles. The summed E-state index contributed by atoms with van der Waals surface area (Å²) in [5.74, 6) is 1.20. The van der Waals surface area contributed by atoms with Crippen molar-refractivity contribution in [2.45, 2.75) is 13.8 Å². The minimum absolute atomic E-state index is 0.586. The summed E-state index contributed by atoms with van der Waals surface area (Å²) < 4.78 is 6.04. The molecule has 0 spiro atoms. The Balaban J connectivity index is 2.52. The highest BCUT2D eigenvalue weighted by atomic mass is 16.5. The van der Waals surface area contributed by atoms with Crippen LogP contribution in [0.2, 0.25) is 0 Å². The Kier molecular flexibility index (Phi) is 4.81. The van der Waals surface area contributed by atoms with Gasteiger partial charge in [0.2, 0.25) is 0 Å². The van der Waals surface area contributed by atoms with Crippen LogP contribution in [0.1, 0.15) is 25.0 Å². The van der Waals surface area contributed by atoms with Crippen LogP contribution in [0.3, 0.4) is 0 Å². The average Bonchev–Trinajstić information content (AvgIpc) is 2.56. The van der Waals surface area contributed by atoms with Crippen LogP contribution in [0.15, 0.2) is 48.6 Å². The second-order valence-electron chi connectivity index (χ2n) is 5.10. The van der Waals surface area contributed by atoms with E-state index in [1.807, 2.05) is 13.8 Å². The minimum atomic E-state index is 0.586. The zero-order chi connectivity index (χ0) is 17.0. The molecule has 0 atom stereocenters. The maximum atomic E-state index is 6.04. The fourth-order valence-electron chi connectivity index (χ4n) is 2.15. The average molecular weight is 310 g/mol. The van der Waals surface area contributed by atoms with Crippen molar-refractivity contribution in [2.24, 2.45) is 11.5 Å². The quantitative estimate of drug-likeness (QED) is 0.647. The Hall–Kier alpha value is -3.08. The van der Waals surface area contributed by atoms with E-state index in [2.05, 4.69) is 0 Å². The molecule has 0 radical (unpaired) electrons. The Morgan fingerprint density at radius 2 is 1.17 bits per heavy atom. The van der Waals surface area contributed by atoms with Gasteiger partial charge in [-0.15, -0.1) is 0 Å². The number of hydrogen-bond acceptors (Lipinski definition) is 5. The third-order valence-electron chi connectivity index (χ3n) is 3.47. The fourth-order valence-corrected chi connectivity index (χ4v) is 2.15. The maximum absolute atomic E-state index is 6.04. The molecule has 2 aromatic rings. The van der Waals surface area contributed by atoms with Crippen LogP contribution in [0.5, 0.6) is 11.5 Å². The zero-order valence-electron chi connectivity index (χ0n) is 13.3. The van der Waals surface area contributed by atoms with E-state index in [0.717, 1.165) is 11.1 Å². The van der Waals surface area contributed by atoms with Crippen molar-refractivity contribution in [1.82, 2.24) is 0 Å². The lowest BCUT2D eigenvalue weighted by molar-refractivity contribution is 0.479. The summed E-state index contributed by atoms with van der Waals surface area (Å²) in [6.45, 7) is 3.71. The van der Waals surface area contributed by atoms with Gasteiger partial charge >= 0.3 is 0 Å². The number of hydrogen-bond donors (Lipinski definition) is 4. The van der Waals surface area contributed by atoms with Crippen molar-refractivity contribution in [3.05, 3.63) is 59.7 Å². The summed E-state index contributed by atoms with van der Waals surface area (Å²) in [4.78, 5) is 0. The van der Waals surface area contributed by atoms with E-state index in [-0.39, 0.29) is 0 Å². The molecular weight excluding hydrogens is 288 g/mol. The molecule has 0 fully saturated rings. The van der Waals surface area contributed by atoms with Crippen LogP contribution < -0.4 is 27.7 Å². The lowest BCUT2D eigenvalue weighted by atomic mass is 10.1. The van der Waals surface area contributed by atoms with E-state index < -0.39 is 0 Å². The largest absolute Gasteiger partial charge is 0.456 e. The predicted octanol–water partition coefficient (Wildman–Crippen LogP) is 3.28. The van der Waals surface area contributed by atoms with E-state index in [1.165, 1.54) is 0 Å².